The van der Waals surface area contributed by atoms with E-state index in [9.17, 15) is 9.90 Å². The first-order valence-corrected chi connectivity index (χ1v) is 8.60. The molecule has 1 amide bonds. The molecule has 1 atom stereocenters. The molecule has 0 spiro atoms. The highest BCUT2D eigenvalue weighted by Gasteiger charge is 2.18. The van der Waals surface area contributed by atoms with Crippen LogP contribution in [0.5, 0.6) is 0 Å². The van der Waals surface area contributed by atoms with E-state index in [1.807, 2.05) is 45.0 Å². The SMILES string of the molecule is CC(C)(C)c1ccc(C(O)CNC(=O)c2cnn(C(C)(C)C)c2)cc1. The topological polar surface area (TPSA) is 67.2 Å². The normalized spacial score (nSPS) is 13.6. The molecule has 0 bridgehead atoms. The van der Waals surface area contributed by atoms with Crippen molar-refractivity contribution in [3.05, 3.63) is 53.3 Å². The Kier molecular flexibility index (Phi) is 5.37. The van der Waals surface area contributed by atoms with Crippen molar-refractivity contribution < 1.29 is 9.90 Å². The lowest BCUT2D eigenvalue weighted by molar-refractivity contribution is 0.0916. The number of hydrogen-bond acceptors (Lipinski definition) is 3. The fraction of sp³-hybridized carbons (Fsp3) is 0.500. The van der Waals surface area contributed by atoms with Crippen LogP contribution in [0.15, 0.2) is 36.7 Å². The van der Waals surface area contributed by atoms with Crippen molar-refractivity contribution in [3.63, 3.8) is 0 Å². The summed E-state index contributed by atoms with van der Waals surface area (Å²) in [4.78, 5) is 12.2. The molecule has 1 aromatic heterocycles. The molecule has 0 radical (unpaired) electrons. The first kappa shape index (κ1) is 19.2. The van der Waals surface area contributed by atoms with Gasteiger partial charge in [0.25, 0.3) is 5.91 Å². The van der Waals surface area contributed by atoms with Crippen molar-refractivity contribution in [2.24, 2.45) is 0 Å². The van der Waals surface area contributed by atoms with Gasteiger partial charge in [-0.3, -0.25) is 9.48 Å². The van der Waals surface area contributed by atoms with Crippen molar-refractivity contribution in [2.45, 2.75) is 58.6 Å². The largest absolute Gasteiger partial charge is 0.387 e. The molecule has 0 saturated carbocycles. The standard InChI is InChI=1S/C20H29N3O2/c1-19(2,3)16-9-7-14(8-10-16)17(24)12-21-18(25)15-11-22-23(13-15)20(4,5)6/h7-11,13,17,24H,12H2,1-6H3,(H,21,25). The van der Waals surface area contributed by atoms with Gasteiger partial charge in [-0.25, -0.2) is 0 Å². The fourth-order valence-electron chi connectivity index (χ4n) is 2.42. The van der Waals surface area contributed by atoms with Gasteiger partial charge in [-0.2, -0.15) is 5.10 Å². The number of carbonyl (C=O) groups is 1. The van der Waals surface area contributed by atoms with E-state index in [1.165, 1.54) is 5.56 Å². The molecule has 0 aliphatic heterocycles. The monoisotopic (exact) mass is 343 g/mol. The number of amides is 1. The smallest absolute Gasteiger partial charge is 0.254 e. The number of hydrogen-bond donors (Lipinski definition) is 2. The molecule has 0 fully saturated rings. The molecule has 1 unspecified atom stereocenters. The van der Waals surface area contributed by atoms with E-state index in [0.717, 1.165) is 5.56 Å². The second-order valence-electron chi connectivity index (χ2n) is 8.44. The maximum Gasteiger partial charge on any atom is 0.254 e. The van der Waals surface area contributed by atoms with Gasteiger partial charge in [0.15, 0.2) is 0 Å². The third-order valence-electron chi connectivity index (χ3n) is 4.15. The zero-order valence-corrected chi connectivity index (χ0v) is 16.0. The number of aliphatic hydroxyl groups is 1. The van der Waals surface area contributed by atoms with Gasteiger partial charge in [0.1, 0.15) is 0 Å². The molecular formula is C20H29N3O2. The summed E-state index contributed by atoms with van der Waals surface area (Å²) in [5.74, 6) is -0.235. The Bertz CT molecular complexity index is 719. The second kappa shape index (κ2) is 7.00. The molecule has 2 rings (SSSR count). The van der Waals surface area contributed by atoms with Crippen LogP contribution in [0.1, 0.15) is 69.1 Å². The molecule has 2 aromatic rings. The summed E-state index contributed by atoms with van der Waals surface area (Å²) in [7, 11) is 0. The summed E-state index contributed by atoms with van der Waals surface area (Å²) in [6.07, 6.45) is 2.53. The van der Waals surface area contributed by atoms with Crippen LogP contribution >= 0.6 is 0 Å². The maximum absolute atomic E-state index is 12.2. The molecule has 25 heavy (non-hydrogen) atoms. The van der Waals surface area contributed by atoms with Gasteiger partial charge in [-0.05, 0) is 37.3 Å². The number of nitrogens with zero attached hydrogens (tertiary/aromatic N) is 2. The molecule has 0 saturated heterocycles. The summed E-state index contributed by atoms with van der Waals surface area (Å²) >= 11 is 0. The predicted octanol–water partition coefficient (Wildman–Crippen LogP) is 3.40. The van der Waals surface area contributed by atoms with Gasteiger partial charge >= 0.3 is 0 Å². The van der Waals surface area contributed by atoms with Gasteiger partial charge in [0.2, 0.25) is 0 Å². The lowest BCUT2D eigenvalue weighted by Crippen LogP contribution is -2.28. The Morgan fingerprint density at radius 3 is 2.24 bits per heavy atom. The summed E-state index contributed by atoms with van der Waals surface area (Å²) < 4.78 is 1.75. The Morgan fingerprint density at radius 1 is 1.16 bits per heavy atom. The van der Waals surface area contributed by atoms with Gasteiger partial charge in [0, 0.05) is 12.7 Å². The van der Waals surface area contributed by atoms with Crippen molar-refractivity contribution in [1.29, 1.82) is 0 Å². The molecule has 5 nitrogen and oxygen atoms in total. The zero-order chi connectivity index (χ0) is 18.8. The van der Waals surface area contributed by atoms with Crippen LogP contribution < -0.4 is 5.32 Å². The molecule has 0 aliphatic carbocycles. The zero-order valence-electron chi connectivity index (χ0n) is 16.0. The van der Waals surface area contributed by atoms with Crippen LogP contribution in [-0.4, -0.2) is 27.3 Å². The lowest BCUT2D eigenvalue weighted by Gasteiger charge is -2.20. The Morgan fingerprint density at radius 2 is 1.76 bits per heavy atom. The minimum absolute atomic E-state index is 0.0743. The molecule has 2 N–H and O–H groups in total. The summed E-state index contributed by atoms with van der Waals surface area (Å²) in [5.41, 5.74) is 2.39. The average Bonchev–Trinajstić information content (AvgIpc) is 3.02. The van der Waals surface area contributed by atoms with Crippen molar-refractivity contribution >= 4 is 5.91 Å². The van der Waals surface area contributed by atoms with E-state index < -0.39 is 6.10 Å². The van der Waals surface area contributed by atoms with Gasteiger partial charge in [-0.1, -0.05) is 45.0 Å². The summed E-state index contributed by atoms with van der Waals surface area (Å²) in [6, 6.07) is 7.87. The maximum atomic E-state index is 12.2. The lowest BCUT2D eigenvalue weighted by atomic mass is 9.86. The number of benzene rings is 1. The van der Waals surface area contributed by atoms with Crippen LogP contribution in [0.3, 0.4) is 0 Å². The molecule has 1 aromatic carbocycles. The number of aromatic nitrogens is 2. The van der Waals surface area contributed by atoms with E-state index >= 15 is 0 Å². The molecule has 5 heteroatoms. The van der Waals surface area contributed by atoms with Crippen LogP contribution in [-0.2, 0) is 11.0 Å². The van der Waals surface area contributed by atoms with E-state index in [4.69, 9.17) is 0 Å². The molecular weight excluding hydrogens is 314 g/mol. The van der Waals surface area contributed by atoms with Crippen LogP contribution in [0.4, 0.5) is 0 Å². The fourth-order valence-corrected chi connectivity index (χ4v) is 2.42. The minimum atomic E-state index is -0.740. The number of rotatable bonds is 4. The van der Waals surface area contributed by atoms with Gasteiger partial charge in [0.05, 0.1) is 23.4 Å². The molecule has 0 aliphatic rings. The highest BCUT2D eigenvalue weighted by atomic mass is 16.3. The van der Waals surface area contributed by atoms with Crippen LogP contribution in [0.2, 0.25) is 0 Å². The highest BCUT2D eigenvalue weighted by molar-refractivity contribution is 5.93. The average molecular weight is 343 g/mol. The van der Waals surface area contributed by atoms with Crippen molar-refractivity contribution in [3.8, 4) is 0 Å². The third kappa shape index (κ3) is 4.92. The van der Waals surface area contributed by atoms with Crippen LogP contribution in [0, 0.1) is 0 Å². The molecule has 136 valence electrons. The number of aliphatic hydroxyl groups excluding tert-OH is 1. The van der Waals surface area contributed by atoms with Crippen molar-refractivity contribution in [1.82, 2.24) is 15.1 Å². The van der Waals surface area contributed by atoms with Crippen LogP contribution in [0.25, 0.3) is 0 Å². The summed E-state index contributed by atoms with van der Waals surface area (Å²) in [5, 5.41) is 17.3. The minimum Gasteiger partial charge on any atom is -0.387 e. The Labute approximate surface area is 150 Å². The highest BCUT2D eigenvalue weighted by Crippen LogP contribution is 2.23. The molecule has 1 heterocycles. The van der Waals surface area contributed by atoms with E-state index in [0.29, 0.717) is 5.56 Å². The Balaban J connectivity index is 1.96. The van der Waals surface area contributed by atoms with E-state index in [-0.39, 0.29) is 23.4 Å². The predicted molar refractivity (Wildman–Crippen MR) is 99.7 cm³/mol. The van der Waals surface area contributed by atoms with E-state index in [1.54, 1.807) is 17.1 Å². The van der Waals surface area contributed by atoms with E-state index in [2.05, 4.69) is 31.2 Å². The van der Waals surface area contributed by atoms with Gasteiger partial charge < -0.3 is 10.4 Å². The first-order chi connectivity index (χ1) is 11.5. The number of carbonyl (C=O) groups excluding carboxylic acids is 1. The number of nitrogens with one attached hydrogen (secondary N) is 1. The Hall–Kier alpha value is -2.14. The second-order valence-corrected chi connectivity index (χ2v) is 8.44. The van der Waals surface area contributed by atoms with Gasteiger partial charge in [-0.15, -0.1) is 0 Å². The third-order valence-corrected chi connectivity index (χ3v) is 4.15. The first-order valence-electron chi connectivity index (χ1n) is 8.60. The quantitative estimate of drug-likeness (QED) is 0.894. The van der Waals surface area contributed by atoms with Crippen molar-refractivity contribution in [2.75, 3.05) is 6.54 Å². The summed E-state index contributed by atoms with van der Waals surface area (Å²) in [6.45, 7) is 12.7.